The minimum absolute atomic E-state index is 0.0588. The maximum absolute atomic E-state index is 14.0. The van der Waals surface area contributed by atoms with Crippen molar-refractivity contribution in [3.63, 3.8) is 0 Å². The smallest absolute Gasteiger partial charge is 0.310 e. The number of anilines is 1. The van der Waals surface area contributed by atoms with Gasteiger partial charge in [-0.25, -0.2) is 17.2 Å². The summed E-state index contributed by atoms with van der Waals surface area (Å²) in [4.78, 5) is 23.8. The van der Waals surface area contributed by atoms with Crippen LogP contribution in [0.4, 0.5) is 14.5 Å². The number of aromatic nitrogens is 2. The van der Waals surface area contributed by atoms with Crippen LogP contribution in [-0.2, 0) is 37.3 Å². The second-order valence-electron chi connectivity index (χ2n) is 10.2. The molecular weight excluding hydrogens is 508 g/mol. The van der Waals surface area contributed by atoms with Crippen LogP contribution in [0.2, 0.25) is 0 Å². The summed E-state index contributed by atoms with van der Waals surface area (Å²) in [5, 5.41) is 4.03. The second-order valence-corrected chi connectivity index (χ2v) is 12.0. The van der Waals surface area contributed by atoms with Gasteiger partial charge in [-0.3, -0.25) is 13.8 Å². The Morgan fingerprint density at radius 2 is 1.92 bits per heavy atom. The van der Waals surface area contributed by atoms with Crippen LogP contribution >= 0.6 is 0 Å². The van der Waals surface area contributed by atoms with Gasteiger partial charge in [-0.1, -0.05) is 6.07 Å². The Hall–Kier alpha value is -3.02. The Morgan fingerprint density at radius 3 is 2.51 bits per heavy atom. The number of ether oxygens (including phenoxy) is 2. The monoisotopic (exact) mass is 541 g/mol. The molecule has 1 aliphatic heterocycles. The molecule has 0 saturated heterocycles. The number of benzene rings is 1. The van der Waals surface area contributed by atoms with Gasteiger partial charge in [0.15, 0.2) is 0 Å². The second kappa shape index (κ2) is 10.8. The lowest BCUT2D eigenvalue weighted by molar-refractivity contribution is -0.153. The van der Waals surface area contributed by atoms with E-state index in [9.17, 15) is 26.8 Å². The van der Waals surface area contributed by atoms with Gasteiger partial charge in [-0.2, -0.15) is 5.10 Å². The van der Waals surface area contributed by atoms with E-state index in [1.54, 1.807) is 39.0 Å². The van der Waals surface area contributed by atoms with E-state index in [0.717, 1.165) is 8.99 Å². The van der Waals surface area contributed by atoms with E-state index in [1.165, 1.54) is 20.8 Å². The van der Waals surface area contributed by atoms with Crippen molar-refractivity contribution in [2.24, 2.45) is 0 Å². The molecule has 0 unspecified atom stereocenters. The quantitative estimate of drug-likeness (QED) is 0.442. The van der Waals surface area contributed by atoms with E-state index >= 15 is 0 Å². The van der Waals surface area contributed by atoms with E-state index in [1.807, 2.05) is 0 Å². The third-order valence-electron chi connectivity index (χ3n) is 5.72. The summed E-state index contributed by atoms with van der Waals surface area (Å²) >= 11 is 0. The summed E-state index contributed by atoms with van der Waals surface area (Å²) in [6.45, 7) is 8.75. The highest BCUT2D eigenvalue weighted by Crippen LogP contribution is 2.40. The Kier molecular flexibility index (Phi) is 8.31. The molecule has 0 saturated carbocycles. The number of aryl methyl sites for hydroxylation is 1. The summed E-state index contributed by atoms with van der Waals surface area (Å²) in [5.74, 6) is -0.263. The van der Waals surface area contributed by atoms with Crippen molar-refractivity contribution in [2.75, 3.05) is 10.8 Å². The third kappa shape index (κ3) is 6.85. The molecule has 0 radical (unpaired) electrons. The number of esters is 1. The molecule has 0 fully saturated rings. The summed E-state index contributed by atoms with van der Waals surface area (Å²) in [5.41, 5.74) is 0.232. The van der Waals surface area contributed by atoms with Crippen LogP contribution in [0, 0.1) is 13.8 Å². The molecule has 1 aromatic heterocycles. The number of sulfonamides is 1. The number of fused-ring (bicyclic) bond motifs is 1. The molecule has 0 spiro atoms. The molecule has 1 atom stereocenters. The van der Waals surface area contributed by atoms with Gasteiger partial charge in [0.25, 0.3) is 16.4 Å². The van der Waals surface area contributed by atoms with Gasteiger partial charge in [0, 0.05) is 6.42 Å². The molecule has 0 aliphatic carbocycles. The van der Waals surface area contributed by atoms with Gasteiger partial charge < -0.3 is 14.3 Å². The van der Waals surface area contributed by atoms with E-state index in [0.29, 0.717) is 12.0 Å². The van der Waals surface area contributed by atoms with E-state index in [4.69, 9.17) is 9.47 Å². The average Bonchev–Trinajstić information content (AvgIpc) is 3.02. The van der Waals surface area contributed by atoms with Gasteiger partial charge in [-0.15, -0.1) is 0 Å². The van der Waals surface area contributed by atoms with Crippen molar-refractivity contribution < 1.29 is 36.3 Å². The van der Waals surface area contributed by atoms with E-state index in [2.05, 4.69) is 5.10 Å². The van der Waals surface area contributed by atoms with Crippen molar-refractivity contribution in [1.29, 1.82) is 0 Å². The number of hydrogen-bond acceptors (Lipinski definition) is 7. The molecule has 9 nitrogen and oxygen atoms in total. The first-order valence-electron chi connectivity index (χ1n) is 11.9. The molecule has 0 N–H and O–H groups in total. The topological polar surface area (TPSA) is 108 Å². The van der Waals surface area contributed by atoms with Gasteiger partial charge in [0.1, 0.15) is 34.7 Å². The minimum atomic E-state index is -4.27. The largest absolute Gasteiger partial charge is 0.486 e. The molecule has 3 rings (SSSR count). The maximum atomic E-state index is 14.0. The Morgan fingerprint density at radius 1 is 1.24 bits per heavy atom. The Balaban J connectivity index is 2.05. The van der Waals surface area contributed by atoms with E-state index < -0.39 is 40.7 Å². The lowest BCUT2D eigenvalue weighted by Crippen LogP contribution is -2.44. The number of rotatable bonds is 9. The minimum Gasteiger partial charge on any atom is -0.486 e. The Bertz CT molecular complexity index is 1280. The predicted octanol–water partition coefficient (Wildman–Crippen LogP) is 3.97. The summed E-state index contributed by atoms with van der Waals surface area (Å²) in [6.07, 6.45) is -2.90. The number of Topliss-reactive ketones (excluding diaryl/α,β-unsaturated/α-hetero) is 1. The van der Waals surface area contributed by atoms with Crippen LogP contribution in [0.5, 0.6) is 5.75 Å². The Labute approximate surface area is 215 Å². The van der Waals surface area contributed by atoms with Crippen LogP contribution in [0.1, 0.15) is 57.5 Å². The predicted molar refractivity (Wildman–Crippen MR) is 133 cm³/mol. The highest BCUT2D eigenvalue weighted by Gasteiger charge is 2.38. The maximum Gasteiger partial charge on any atom is 0.310 e. The average molecular weight is 542 g/mol. The van der Waals surface area contributed by atoms with E-state index in [-0.39, 0.29) is 52.9 Å². The van der Waals surface area contributed by atoms with Crippen molar-refractivity contribution in [1.82, 2.24) is 9.78 Å². The standard InChI is InChI=1S/C25H33F2N3O6S/c1-15(31)7-9-19-13-30(37(33,34)24-16(2)28-29(17(24)3)14-22(26)27)20-11-18(8-10-21(20)35-19)12-23(32)36-25(4,5)6/h8,10-11,19,22H,7,9,12-14H2,1-6H3/t19-/m0/s1. The number of carbonyl (C=O) groups excluding carboxylic acids is 2. The summed E-state index contributed by atoms with van der Waals surface area (Å²) in [6, 6.07) is 4.78. The lowest BCUT2D eigenvalue weighted by Gasteiger charge is -2.36. The van der Waals surface area contributed by atoms with Crippen LogP contribution < -0.4 is 9.04 Å². The SMILES string of the molecule is CC(=O)CC[C@H]1CN(S(=O)(=O)c2c(C)nn(CC(F)F)c2C)c2cc(CC(=O)OC(C)(C)C)ccc2O1. The third-order valence-corrected chi connectivity index (χ3v) is 7.75. The number of hydrogen-bond donors (Lipinski definition) is 0. The van der Waals surface area contributed by atoms with Crippen LogP contribution in [0.15, 0.2) is 23.1 Å². The first-order chi connectivity index (χ1) is 17.1. The van der Waals surface area contributed by atoms with Gasteiger partial charge >= 0.3 is 5.97 Å². The molecule has 0 amide bonds. The number of halogens is 2. The number of alkyl halides is 2. The fourth-order valence-corrected chi connectivity index (χ4v) is 6.10. The van der Waals surface area contributed by atoms with Gasteiger partial charge in [0.05, 0.1) is 30.0 Å². The summed E-state index contributed by atoms with van der Waals surface area (Å²) < 4.78 is 67.5. The van der Waals surface area contributed by atoms with Crippen molar-refractivity contribution >= 4 is 27.5 Å². The zero-order valence-corrected chi connectivity index (χ0v) is 22.7. The first kappa shape index (κ1) is 28.5. The normalized spacial score (nSPS) is 15.9. The number of ketones is 1. The zero-order chi connectivity index (χ0) is 27.7. The lowest BCUT2D eigenvalue weighted by atomic mass is 10.1. The highest BCUT2D eigenvalue weighted by atomic mass is 32.2. The van der Waals surface area contributed by atoms with Crippen molar-refractivity contribution in [2.45, 2.75) is 90.4 Å². The fraction of sp³-hybridized carbons (Fsp3) is 0.560. The molecular formula is C25H33F2N3O6S. The first-order valence-corrected chi connectivity index (χ1v) is 13.4. The number of carbonyl (C=O) groups is 2. The van der Waals surface area contributed by atoms with Crippen molar-refractivity contribution in [3.05, 3.63) is 35.2 Å². The van der Waals surface area contributed by atoms with Gasteiger partial charge in [-0.05, 0) is 65.7 Å². The molecule has 204 valence electrons. The van der Waals surface area contributed by atoms with Crippen LogP contribution in [0.3, 0.4) is 0 Å². The molecule has 0 bridgehead atoms. The van der Waals surface area contributed by atoms with Crippen LogP contribution in [-0.4, -0.2) is 54.6 Å². The highest BCUT2D eigenvalue weighted by molar-refractivity contribution is 7.93. The molecule has 1 aromatic carbocycles. The molecule has 2 heterocycles. The number of nitrogens with zero attached hydrogens (tertiary/aromatic N) is 3. The van der Waals surface area contributed by atoms with Crippen molar-refractivity contribution in [3.8, 4) is 5.75 Å². The fourth-order valence-electron chi connectivity index (χ4n) is 4.23. The molecule has 37 heavy (non-hydrogen) atoms. The molecule has 12 heteroatoms. The summed E-state index contributed by atoms with van der Waals surface area (Å²) in [7, 11) is -4.27. The molecule has 1 aliphatic rings. The zero-order valence-electron chi connectivity index (χ0n) is 21.9. The van der Waals surface area contributed by atoms with Crippen LogP contribution in [0.25, 0.3) is 0 Å². The molecule has 2 aromatic rings. The van der Waals surface area contributed by atoms with Gasteiger partial charge in [0.2, 0.25) is 0 Å².